The van der Waals surface area contributed by atoms with Gasteiger partial charge < -0.3 is 10.4 Å². The van der Waals surface area contributed by atoms with Gasteiger partial charge in [0.15, 0.2) is 0 Å². The van der Waals surface area contributed by atoms with Crippen LogP contribution < -0.4 is 5.32 Å². The van der Waals surface area contributed by atoms with Crippen LogP contribution in [0.4, 0.5) is 10.1 Å². The summed E-state index contributed by atoms with van der Waals surface area (Å²) in [5.74, 6) is 0.252. The lowest BCUT2D eigenvalue weighted by atomic mass is 9.77. The quantitative estimate of drug-likeness (QED) is 0.880. The molecule has 2 N–H and O–H groups in total. The van der Waals surface area contributed by atoms with Crippen LogP contribution in [0.1, 0.15) is 38.2 Å². The van der Waals surface area contributed by atoms with E-state index in [0.29, 0.717) is 11.6 Å². The molecule has 0 aliphatic heterocycles. The minimum Gasteiger partial charge on any atom is -0.394 e. The van der Waals surface area contributed by atoms with Gasteiger partial charge in [-0.25, -0.2) is 4.39 Å². The van der Waals surface area contributed by atoms with E-state index < -0.39 is 5.82 Å². The van der Waals surface area contributed by atoms with Gasteiger partial charge >= 0.3 is 0 Å². The van der Waals surface area contributed by atoms with Gasteiger partial charge in [-0.3, -0.25) is 0 Å². The summed E-state index contributed by atoms with van der Waals surface area (Å²) in [6, 6.07) is 6.12. The lowest BCUT2D eigenvalue weighted by Gasteiger charge is -2.39. The van der Waals surface area contributed by atoms with Crippen LogP contribution in [0.25, 0.3) is 0 Å². The van der Waals surface area contributed by atoms with Gasteiger partial charge in [0.05, 0.1) is 23.4 Å². The molecule has 0 amide bonds. The maximum absolute atomic E-state index is 13.1. The van der Waals surface area contributed by atoms with E-state index in [1.807, 2.05) is 6.07 Å². The van der Waals surface area contributed by atoms with Gasteiger partial charge in [-0.15, -0.1) is 0 Å². The molecule has 0 radical (unpaired) electrons. The number of halogens is 1. The van der Waals surface area contributed by atoms with Crippen molar-refractivity contribution in [2.75, 3.05) is 11.9 Å². The molecule has 0 bridgehead atoms. The van der Waals surface area contributed by atoms with Crippen LogP contribution >= 0.6 is 0 Å². The molecule has 4 heteroatoms. The lowest BCUT2D eigenvalue weighted by molar-refractivity contribution is 0.155. The van der Waals surface area contributed by atoms with Crippen molar-refractivity contribution in [3.8, 4) is 6.07 Å². The number of aliphatic hydroxyl groups is 1. The molecule has 0 unspecified atom stereocenters. The van der Waals surface area contributed by atoms with Crippen molar-refractivity contribution >= 4 is 5.69 Å². The maximum atomic E-state index is 13.1. The van der Waals surface area contributed by atoms with E-state index in [1.54, 1.807) is 6.07 Å². The van der Waals surface area contributed by atoms with Gasteiger partial charge in [-0.2, -0.15) is 5.26 Å². The SMILES string of the molecule is CC1CCC(CO)(Nc2ccc(F)cc2C#N)CC1. The third kappa shape index (κ3) is 3.05. The van der Waals surface area contributed by atoms with Gasteiger partial charge in [0.25, 0.3) is 0 Å². The van der Waals surface area contributed by atoms with E-state index in [4.69, 9.17) is 5.26 Å². The largest absolute Gasteiger partial charge is 0.394 e. The van der Waals surface area contributed by atoms with Gasteiger partial charge in [-0.1, -0.05) is 6.92 Å². The molecular weight excluding hydrogens is 243 g/mol. The number of nitrogens with zero attached hydrogens (tertiary/aromatic N) is 1. The van der Waals surface area contributed by atoms with Crippen LogP contribution in [-0.2, 0) is 0 Å². The number of hydrogen-bond donors (Lipinski definition) is 2. The predicted molar refractivity (Wildman–Crippen MR) is 72.2 cm³/mol. The summed E-state index contributed by atoms with van der Waals surface area (Å²) in [7, 11) is 0. The standard InChI is InChI=1S/C15H19FN2O/c1-11-4-6-15(10-19,7-5-11)18-14-3-2-13(16)8-12(14)9-17/h2-3,8,11,18-19H,4-7,10H2,1H3. The highest BCUT2D eigenvalue weighted by Crippen LogP contribution is 2.35. The molecule has 0 heterocycles. The van der Waals surface area contributed by atoms with Crippen molar-refractivity contribution in [2.45, 2.75) is 38.1 Å². The van der Waals surface area contributed by atoms with Crippen LogP contribution in [0.3, 0.4) is 0 Å². The third-order valence-corrected chi connectivity index (χ3v) is 4.04. The van der Waals surface area contributed by atoms with Crippen molar-refractivity contribution in [1.82, 2.24) is 0 Å². The molecule has 1 saturated carbocycles. The molecule has 0 aromatic heterocycles. The molecule has 1 aromatic carbocycles. The second-order valence-electron chi connectivity index (χ2n) is 5.55. The first-order valence-electron chi connectivity index (χ1n) is 6.67. The Hall–Kier alpha value is -1.60. The van der Waals surface area contributed by atoms with Crippen LogP contribution in [0.15, 0.2) is 18.2 Å². The Labute approximate surface area is 113 Å². The number of aliphatic hydroxyl groups excluding tert-OH is 1. The summed E-state index contributed by atoms with van der Waals surface area (Å²) in [5.41, 5.74) is 0.509. The fraction of sp³-hybridized carbons (Fsp3) is 0.533. The number of benzene rings is 1. The van der Waals surface area contributed by atoms with E-state index in [1.165, 1.54) is 12.1 Å². The Morgan fingerprint density at radius 1 is 1.47 bits per heavy atom. The second kappa shape index (κ2) is 5.58. The highest BCUT2D eigenvalue weighted by molar-refractivity contribution is 5.58. The molecular formula is C15H19FN2O. The van der Waals surface area contributed by atoms with Crippen LogP contribution in [0, 0.1) is 23.1 Å². The first kappa shape index (κ1) is 13.8. The number of hydrogen-bond acceptors (Lipinski definition) is 3. The van der Waals surface area contributed by atoms with Crippen molar-refractivity contribution < 1.29 is 9.50 Å². The molecule has 19 heavy (non-hydrogen) atoms. The van der Waals surface area contributed by atoms with E-state index in [2.05, 4.69) is 12.2 Å². The second-order valence-corrected chi connectivity index (χ2v) is 5.55. The van der Waals surface area contributed by atoms with Crippen molar-refractivity contribution in [3.63, 3.8) is 0 Å². The van der Waals surface area contributed by atoms with E-state index in [-0.39, 0.29) is 17.7 Å². The van der Waals surface area contributed by atoms with Crippen LogP contribution in [-0.4, -0.2) is 17.3 Å². The van der Waals surface area contributed by atoms with Gasteiger partial charge in [0.2, 0.25) is 0 Å². The molecule has 0 spiro atoms. The molecule has 1 fully saturated rings. The summed E-state index contributed by atoms with van der Waals surface area (Å²) >= 11 is 0. The average molecular weight is 262 g/mol. The molecule has 0 atom stereocenters. The first-order valence-corrected chi connectivity index (χ1v) is 6.67. The van der Waals surface area contributed by atoms with E-state index in [9.17, 15) is 9.50 Å². The first-order chi connectivity index (χ1) is 9.08. The zero-order valence-corrected chi connectivity index (χ0v) is 11.1. The molecule has 1 aromatic rings. The highest BCUT2D eigenvalue weighted by atomic mass is 19.1. The summed E-state index contributed by atoms with van der Waals surface area (Å²) in [6.07, 6.45) is 3.84. The fourth-order valence-corrected chi connectivity index (χ4v) is 2.64. The van der Waals surface area contributed by atoms with Crippen molar-refractivity contribution in [3.05, 3.63) is 29.6 Å². The summed E-state index contributed by atoms with van der Waals surface area (Å²) in [5, 5.41) is 22.0. The smallest absolute Gasteiger partial charge is 0.124 e. The fourth-order valence-electron chi connectivity index (χ4n) is 2.64. The Balaban J connectivity index is 2.21. The van der Waals surface area contributed by atoms with Crippen LogP contribution in [0.5, 0.6) is 0 Å². The predicted octanol–water partition coefficient (Wildman–Crippen LogP) is 3.05. The Kier molecular flexibility index (Phi) is 4.06. The van der Waals surface area contributed by atoms with Gasteiger partial charge in [0, 0.05) is 0 Å². The van der Waals surface area contributed by atoms with Crippen molar-refractivity contribution in [1.29, 1.82) is 5.26 Å². The monoisotopic (exact) mass is 262 g/mol. The molecule has 2 rings (SSSR count). The number of rotatable bonds is 3. The number of nitrogens with one attached hydrogen (secondary N) is 1. The Morgan fingerprint density at radius 2 is 2.16 bits per heavy atom. The summed E-state index contributed by atoms with van der Waals surface area (Å²) < 4.78 is 13.1. The lowest BCUT2D eigenvalue weighted by Crippen LogP contribution is -2.45. The Morgan fingerprint density at radius 3 is 2.74 bits per heavy atom. The van der Waals surface area contributed by atoms with Crippen LogP contribution in [0.2, 0.25) is 0 Å². The van der Waals surface area contributed by atoms with E-state index >= 15 is 0 Å². The molecule has 1 aliphatic carbocycles. The number of nitriles is 1. The maximum Gasteiger partial charge on any atom is 0.124 e. The summed E-state index contributed by atoms with van der Waals surface area (Å²) in [6.45, 7) is 2.24. The zero-order chi connectivity index (χ0) is 13.9. The molecule has 102 valence electrons. The Bertz CT molecular complexity index is 487. The third-order valence-electron chi connectivity index (χ3n) is 4.04. The van der Waals surface area contributed by atoms with Crippen molar-refractivity contribution in [2.24, 2.45) is 5.92 Å². The molecule has 0 saturated heterocycles. The molecule has 3 nitrogen and oxygen atoms in total. The van der Waals surface area contributed by atoms with Gasteiger partial charge in [-0.05, 0) is 49.8 Å². The average Bonchev–Trinajstić information content (AvgIpc) is 2.43. The minimum absolute atomic E-state index is 0.0297. The minimum atomic E-state index is -0.419. The number of anilines is 1. The topological polar surface area (TPSA) is 56.0 Å². The zero-order valence-electron chi connectivity index (χ0n) is 11.1. The normalized spacial score (nSPS) is 26.7. The van der Waals surface area contributed by atoms with Gasteiger partial charge in [0.1, 0.15) is 11.9 Å². The highest BCUT2D eigenvalue weighted by Gasteiger charge is 2.33. The van der Waals surface area contributed by atoms with E-state index in [0.717, 1.165) is 25.7 Å². The molecule has 1 aliphatic rings. The summed E-state index contributed by atoms with van der Waals surface area (Å²) in [4.78, 5) is 0.